The van der Waals surface area contributed by atoms with E-state index >= 15 is 0 Å². The van der Waals surface area contributed by atoms with Crippen molar-refractivity contribution in [3.63, 3.8) is 0 Å². The Hall–Kier alpha value is -5.47. The van der Waals surface area contributed by atoms with E-state index in [2.05, 4.69) is 97.1 Å². The number of benzene rings is 8. The monoisotopic (exact) mass is 556 g/mol. The van der Waals surface area contributed by atoms with Crippen LogP contribution < -0.4 is 42.3 Å². The van der Waals surface area contributed by atoms with E-state index in [0.29, 0.717) is 12.1 Å². The van der Waals surface area contributed by atoms with Gasteiger partial charge in [-0.1, -0.05) is 108 Å². The second kappa shape index (κ2) is 7.35. The molecule has 0 fully saturated rings. The predicted octanol–water partition coefficient (Wildman–Crippen LogP) is 5.79. The Morgan fingerprint density at radius 2 is 0.864 bits per heavy atom. The van der Waals surface area contributed by atoms with Crippen molar-refractivity contribution in [2.75, 3.05) is 0 Å². The molecule has 8 aromatic rings. The van der Waals surface area contributed by atoms with Crippen LogP contribution in [0.3, 0.4) is 0 Å². The quantitative estimate of drug-likeness (QED) is 0.174. The maximum Gasteiger partial charge on any atom is 0.252 e. The minimum atomic E-state index is -0.0241. The second-order valence-corrected chi connectivity index (χ2v) is 12.5. The lowest BCUT2D eigenvalue weighted by Gasteiger charge is -2.36. The average molecular weight is 556 g/mol. The van der Waals surface area contributed by atoms with Gasteiger partial charge < -0.3 is 9.47 Å². The summed E-state index contributed by atoms with van der Waals surface area (Å²) in [4.78, 5) is 0. The predicted molar refractivity (Wildman–Crippen MR) is 183 cm³/mol. The van der Waals surface area contributed by atoms with Crippen LogP contribution in [-0.4, -0.2) is 13.4 Å². The van der Waals surface area contributed by atoms with Gasteiger partial charge in [0.1, 0.15) is 23.0 Å². The summed E-state index contributed by atoms with van der Waals surface area (Å²) in [5.41, 5.74) is 11.4. The van der Waals surface area contributed by atoms with Gasteiger partial charge >= 0.3 is 0 Å². The van der Waals surface area contributed by atoms with E-state index in [9.17, 15) is 2.74 Å². The Labute approximate surface area is 256 Å². The average Bonchev–Trinajstić information content (AvgIpc) is 3.08. The van der Waals surface area contributed by atoms with Crippen LogP contribution in [0.15, 0.2) is 121 Å². The molecule has 4 heterocycles. The lowest BCUT2D eigenvalue weighted by molar-refractivity contribution is 0.487. The Bertz CT molecular complexity index is 2570. The number of hydrogen-bond donors (Lipinski definition) is 0. The topological polar surface area (TPSA) is 18.5 Å². The molecule has 2 nitrogen and oxygen atoms in total. The highest BCUT2D eigenvalue weighted by Crippen LogP contribution is 2.45. The smallest absolute Gasteiger partial charge is 0.252 e. The minimum Gasteiger partial charge on any atom is -0.458 e. The summed E-state index contributed by atoms with van der Waals surface area (Å²) >= 11 is 0. The van der Waals surface area contributed by atoms with Gasteiger partial charge in [-0.05, 0) is 101 Å². The first kappa shape index (κ1) is 20.4. The number of para-hydroxylation sites is 2. The molecule has 0 bridgehead atoms. The summed E-state index contributed by atoms with van der Waals surface area (Å²) < 4.78 is 32.0. The van der Waals surface area contributed by atoms with E-state index in [0.717, 1.165) is 88.6 Å². The van der Waals surface area contributed by atoms with Gasteiger partial charge in [-0.2, -0.15) is 0 Å². The van der Waals surface area contributed by atoms with Crippen molar-refractivity contribution in [3.05, 3.63) is 121 Å². The van der Waals surface area contributed by atoms with Crippen LogP contribution >= 0.6 is 0 Å². The maximum atomic E-state index is 9.53. The first-order chi connectivity index (χ1) is 22.7. The van der Waals surface area contributed by atoms with Gasteiger partial charge in [0.05, 0.1) is 2.74 Å². The lowest BCUT2D eigenvalue weighted by Crippen LogP contribution is -2.58. The highest BCUT2D eigenvalue weighted by Gasteiger charge is 2.42. The first-order valence-corrected chi connectivity index (χ1v) is 15.3. The van der Waals surface area contributed by atoms with E-state index in [1.807, 2.05) is 12.1 Å². The molecule has 44 heavy (non-hydrogen) atoms. The lowest BCUT2D eigenvalue weighted by atomic mass is 9.32. The van der Waals surface area contributed by atoms with Crippen LogP contribution in [-0.2, 0) is 0 Å². The van der Waals surface area contributed by atoms with Crippen molar-refractivity contribution >= 4 is 78.5 Å². The van der Waals surface area contributed by atoms with Gasteiger partial charge in [0.2, 0.25) is 0 Å². The van der Waals surface area contributed by atoms with Crippen LogP contribution in [0, 0.1) is 0 Å². The first-order valence-electron chi connectivity index (χ1n) is 16.3. The van der Waals surface area contributed by atoms with Gasteiger partial charge in [0.15, 0.2) is 0 Å². The molecule has 4 aliphatic rings. The molecule has 198 valence electrons. The van der Waals surface area contributed by atoms with Crippen molar-refractivity contribution in [1.29, 1.82) is 0 Å². The number of rotatable bonds is 0. The summed E-state index contributed by atoms with van der Waals surface area (Å²) in [6.45, 7) is -0.0482. The Kier molecular flexibility index (Phi) is 3.42. The van der Waals surface area contributed by atoms with Crippen molar-refractivity contribution in [3.8, 4) is 45.3 Å². The third-order valence-electron chi connectivity index (χ3n) is 10.6. The zero-order valence-corrected chi connectivity index (χ0v) is 23.4. The summed E-state index contributed by atoms with van der Waals surface area (Å²) in [5, 5.41) is 6.47. The Morgan fingerprint density at radius 1 is 0.409 bits per heavy atom. The normalized spacial score (nSPS) is 14.8. The third kappa shape index (κ3) is 2.40. The minimum absolute atomic E-state index is 0.0241. The van der Waals surface area contributed by atoms with E-state index in [1.54, 1.807) is 0 Å². The van der Waals surface area contributed by atoms with Crippen LogP contribution in [0.5, 0.6) is 23.0 Å². The molecule has 0 unspecified atom stereocenters. The van der Waals surface area contributed by atoms with Gasteiger partial charge in [-0.25, -0.2) is 0 Å². The summed E-state index contributed by atoms with van der Waals surface area (Å²) in [5.74, 6) is 3.49. The number of fused-ring (bicyclic) bond motifs is 8. The number of ether oxygens (including phenoxy) is 2. The fraction of sp³-hybridized carbons (Fsp3) is 0. The van der Waals surface area contributed by atoms with E-state index in [-0.39, 0.29) is 13.4 Å². The van der Waals surface area contributed by atoms with E-state index < -0.39 is 0 Å². The Morgan fingerprint density at radius 3 is 1.36 bits per heavy atom. The molecule has 4 aliphatic heterocycles. The van der Waals surface area contributed by atoms with Crippen LogP contribution in [0.25, 0.3) is 54.6 Å². The highest BCUT2D eigenvalue weighted by atomic mass is 16.5. The van der Waals surface area contributed by atoms with Gasteiger partial charge in [-0.15, -0.1) is 0 Å². The Balaban J connectivity index is 1.31. The highest BCUT2D eigenvalue weighted by molar-refractivity contribution is 7.01. The zero-order valence-electron chi connectivity index (χ0n) is 25.4. The molecule has 0 aromatic heterocycles. The van der Waals surface area contributed by atoms with Gasteiger partial charge in [0, 0.05) is 0 Å². The molecule has 12 rings (SSSR count). The molecular weight excluding hydrogens is 534 g/mol. The van der Waals surface area contributed by atoms with E-state index in [1.165, 1.54) is 21.7 Å². The van der Waals surface area contributed by atoms with E-state index in [4.69, 9.17) is 9.47 Å². The summed E-state index contributed by atoms with van der Waals surface area (Å²) in [7, 11) is 0. The summed E-state index contributed by atoms with van der Waals surface area (Å²) in [6, 6.07) is 39.0. The summed E-state index contributed by atoms with van der Waals surface area (Å²) in [6.07, 6.45) is 0. The standard InChI is InChI=1S/C40H20B2O2/c1-3-11-31-27(9-1)41-29-19-21-15-18-24-26-8-6-14-34-40(26)42(28-10-2-4-12-32(28)44-34)30-20-22-16-17-23(37(29)35(22)36(21)38(24)30)25-7-5-13-33(43-31)39(25)41/h1-20H/i15D,16D. The molecule has 0 spiro atoms. The molecule has 0 aliphatic carbocycles. The number of hydrogen-bond acceptors (Lipinski definition) is 2. The molecule has 8 aromatic carbocycles. The molecule has 0 N–H and O–H groups in total. The molecule has 0 radical (unpaired) electrons. The molecule has 4 heteroatoms. The third-order valence-corrected chi connectivity index (χ3v) is 10.6. The molecule has 0 saturated heterocycles. The fourth-order valence-corrected chi connectivity index (χ4v) is 8.96. The van der Waals surface area contributed by atoms with Crippen LogP contribution in [0.1, 0.15) is 2.74 Å². The van der Waals surface area contributed by atoms with Crippen molar-refractivity contribution in [2.45, 2.75) is 0 Å². The largest absolute Gasteiger partial charge is 0.458 e. The van der Waals surface area contributed by atoms with Crippen molar-refractivity contribution in [2.24, 2.45) is 0 Å². The van der Waals surface area contributed by atoms with Crippen molar-refractivity contribution < 1.29 is 12.2 Å². The zero-order chi connectivity index (χ0) is 30.0. The molecule has 0 saturated carbocycles. The van der Waals surface area contributed by atoms with Gasteiger partial charge in [0.25, 0.3) is 13.4 Å². The second-order valence-electron chi connectivity index (χ2n) is 12.5. The maximum absolute atomic E-state index is 9.53. The SMILES string of the molecule is [2H]c1cc2c3c(cc4c([2H])cc5c6c(cc1c3c46)B1c3ccccc3Oc3cccc-5c31)B1c3ccccc3Oc3cccc-2c31. The van der Waals surface area contributed by atoms with Crippen LogP contribution in [0.4, 0.5) is 0 Å². The van der Waals surface area contributed by atoms with Crippen molar-refractivity contribution in [1.82, 2.24) is 0 Å². The fourth-order valence-electron chi connectivity index (χ4n) is 8.96. The molecule has 0 amide bonds. The molecular formula is C40H20B2O2. The van der Waals surface area contributed by atoms with Gasteiger partial charge in [-0.3, -0.25) is 0 Å². The van der Waals surface area contributed by atoms with Crippen LogP contribution in [0.2, 0.25) is 0 Å². The molecule has 0 atom stereocenters.